The molecule has 0 amide bonds. The van der Waals surface area contributed by atoms with Crippen LogP contribution in [0.3, 0.4) is 0 Å². The van der Waals surface area contributed by atoms with E-state index in [-0.39, 0.29) is 5.25 Å². The molecule has 7 heteroatoms. The Hall–Kier alpha value is -0.640. The Bertz CT molecular complexity index is 560. The summed E-state index contributed by atoms with van der Waals surface area (Å²) in [6, 6.07) is 1.73. The first-order chi connectivity index (χ1) is 7.38. The van der Waals surface area contributed by atoms with Crippen LogP contribution in [0.15, 0.2) is 21.1 Å². The van der Waals surface area contributed by atoms with Crippen molar-refractivity contribution < 1.29 is 4.21 Å². The molecule has 0 radical (unpaired) electrons. The van der Waals surface area contributed by atoms with Crippen molar-refractivity contribution in [2.75, 3.05) is 6.26 Å². The molecule has 0 saturated heterocycles. The van der Waals surface area contributed by atoms with E-state index in [0.29, 0.717) is 9.63 Å². The van der Waals surface area contributed by atoms with Crippen molar-refractivity contribution in [1.82, 2.24) is 4.98 Å². The minimum Gasteiger partial charge on any atom is -0.248 e. The van der Waals surface area contributed by atoms with Crippen LogP contribution in [0.4, 0.5) is 0 Å². The molecule has 0 N–H and O–H groups in total. The highest BCUT2D eigenvalue weighted by Gasteiger charge is 2.17. The second kappa shape index (κ2) is 5.13. The van der Waals surface area contributed by atoms with Gasteiger partial charge in [-0.05, 0) is 34.5 Å². The largest absolute Gasteiger partial charge is 0.248 e. The molecule has 0 aromatic carbocycles. The van der Waals surface area contributed by atoms with Gasteiger partial charge in [0.25, 0.3) is 0 Å². The molecule has 16 heavy (non-hydrogen) atoms. The molecule has 2 atom stereocenters. The summed E-state index contributed by atoms with van der Waals surface area (Å²) >= 11 is 8.99. The van der Waals surface area contributed by atoms with E-state index in [0.717, 1.165) is 5.56 Å². The number of nitrogens with zero attached hydrogens (tertiary/aromatic N) is 3. The first kappa shape index (κ1) is 13.4. The average molecular weight is 323 g/mol. The first-order valence-electron chi connectivity index (χ1n) is 4.28. The van der Waals surface area contributed by atoms with Crippen LogP contribution in [-0.2, 0) is 9.73 Å². The van der Waals surface area contributed by atoms with Gasteiger partial charge in [-0.25, -0.2) is 9.19 Å². The second-order valence-electron chi connectivity index (χ2n) is 3.24. The quantitative estimate of drug-likeness (QED) is 0.620. The van der Waals surface area contributed by atoms with Crippen LogP contribution in [0.25, 0.3) is 0 Å². The van der Waals surface area contributed by atoms with Gasteiger partial charge in [-0.2, -0.15) is 5.26 Å². The lowest BCUT2D eigenvalue weighted by Gasteiger charge is -2.12. The van der Waals surface area contributed by atoms with E-state index >= 15 is 0 Å². The summed E-state index contributed by atoms with van der Waals surface area (Å²) in [5.41, 5.74) is 0.725. The van der Waals surface area contributed by atoms with Gasteiger partial charge in [0, 0.05) is 12.5 Å². The molecule has 0 aliphatic carbocycles. The Morgan fingerprint density at radius 3 is 2.88 bits per heavy atom. The zero-order chi connectivity index (χ0) is 12.3. The van der Waals surface area contributed by atoms with Gasteiger partial charge in [0.15, 0.2) is 0 Å². The monoisotopic (exact) mass is 321 g/mol. The zero-order valence-electron chi connectivity index (χ0n) is 8.65. The Balaban J connectivity index is 3.22. The van der Waals surface area contributed by atoms with Gasteiger partial charge < -0.3 is 0 Å². The molecule has 1 aromatic heterocycles. The van der Waals surface area contributed by atoms with Crippen molar-refractivity contribution in [1.29, 1.82) is 5.26 Å². The number of halogens is 2. The van der Waals surface area contributed by atoms with Crippen molar-refractivity contribution in [3.63, 3.8) is 0 Å². The molecule has 0 fully saturated rings. The fraction of sp³-hybridized carbons (Fsp3) is 0.333. The standard InChI is InChI=1S/C9H9BrClN3OS/c1-6(16(2,15)14-5-12)7-3-8(10)9(11)13-4-7/h3-4,6H,1-2H3. The van der Waals surface area contributed by atoms with Gasteiger partial charge in [0.05, 0.1) is 19.5 Å². The molecule has 2 unspecified atom stereocenters. The number of aromatic nitrogens is 1. The van der Waals surface area contributed by atoms with Crippen LogP contribution in [0.5, 0.6) is 0 Å². The molecule has 1 rings (SSSR count). The van der Waals surface area contributed by atoms with Crippen molar-refractivity contribution in [3.8, 4) is 6.19 Å². The van der Waals surface area contributed by atoms with Crippen LogP contribution in [0, 0.1) is 11.5 Å². The van der Waals surface area contributed by atoms with Crippen molar-refractivity contribution in [2.45, 2.75) is 12.2 Å². The highest BCUT2D eigenvalue weighted by atomic mass is 79.9. The van der Waals surface area contributed by atoms with Crippen LogP contribution >= 0.6 is 27.5 Å². The van der Waals surface area contributed by atoms with Crippen LogP contribution in [-0.4, -0.2) is 15.4 Å². The minimum absolute atomic E-state index is 0.343. The van der Waals surface area contributed by atoms with E-state index < -0.39 is 9.73 Å². The van der Waals surface area contributed by atoms with Gasteiger partial charge in [0.2, 0.25) is 6.19 Å². The van der Waals surface area contributed by atoms with Crippen molar-refractivity contribution >= 4 is 37.3 Å². The third-order valence-corrected chi connectivity index (χ3v) is 5.33. The molecule has 0 aliphatic heterocycles. The summed E-state index contributed by atoms with van der Waals surface area (Å²) in [4.78, 5) is 3.94. The molecule has 0 saturated carbocycles. The van der Waals surface area contributed by atoms with Gasteiger partial charge >= 0.3 is 0 Å². The maximum absolute atomic E-state index is 12.0. The summed E-state index contributed by atoms with van der Waals surface area (Å²) in [6.45, 7) is 1.74. The number of hydrogen-bond donors (Lipinski definition) is 0. The number of rotatable bonds is 2. The number of hydrogen-bond acceptors (Lipinski definition) is 4. The maximum Gasteiger partial charge on any atom is 0.214 e. The molecule has 1 aromatic rings. The van der Waals surface area contributed by atoms with Gasteiger partial charge in [-0.15, -0.1) is 4.36 Å². The van der Waals surface area contributed by atoms with E-state index in [1.165, 1.54) is 12.5 Å². The van der Waals surface area contributed by atoms with Gasteiger partial charge in [0.1, 0.15) is 5.15 Å². The molecule has 0 bridgehead atoms. The lowest BCUT2D eigenvalue weighted by molar-refractivity contribution is 0.673. The average Bonchev–Trinajstić information content (AvgIpc) is 2.21. The van der Waals surface area contributed by atoms with Crippen LogP contribution < -0.4 is 0 Å². The van der Waals surface area contributed by atoms with E-state index in [1.807, 2.05) is 0 Å². The number of nitriles is 1. The highest BCUT2D eigenvalue weighted by molar-refractivity contribution is 9.10. The summed E-state index contributed by atoms with van der Waals surface area (Å²) in [5, 5.41) is 8.42. The normalized spacial score (nSPS) is 15.9. The van der Waals surface area contributed by atoms with Crippen LogP contribution in [0.1, 0.15) is 17.7 Å². The van der Waals surface area contributed by atoms with Gasteiger partial charge in [-0.3, -0.25) is 0 Å². The third kappa shape index (κ3) is 2.94. The Labute approximate surface area is 108 Å². The second-order valence-corrected chi connectivity index (χ2v) is 7.06. The Morgan fingerprint density at radius 2 is 2.38 bits per heavy atom. The van der Waals surface area contributed by atoms with Crippen LogP contribution in [0.2, 0.25) is 5.15 Å². The Morgan fingerprint density at radius 1 is 1.75 bits per heavy atom. The Kier molecular flexibility index (Phi) is 4.30. The predicted molar refractivity (Wildman–Crippen MR) is 67.5 cm³/mol. The molecular formula is C9H9BrClN3OS. The summed E-state index contributed by atoms with van der Waals surface area (Å²) in [7, 11) is -2.58. The fourth-order valence-electron chi connectivity index (χ4n) is 1.07. The van der Waals surface area contributed by atoms with E-state index in [9.17, 15) is 4.21 Å². The molecular weight excluding hydrogens is 314 g/mol. The molecule has 4 nitrogen and oxygen atoms in total. The molecule has 0 spiro atoms. The predicted octanol–water partition coefficient (Wildman–Crippen LogP) is 3.14. The van der Waals surface area contributed by atoms with Gasteiger partial charge in [-0.1, -0.05) is 11.6 Å². The molecule has 0 aliphatic rings. The topological polar surface area (TPSA) is 66.1 Å². The third-order valence-electron chi connectivity index (χ3n) is 2.16. The SMILES string of the molecule is CC(c1cnc(Cl)c(Br)c1)S(C)(=O)=NC#N. The van der Waals surface area contributed by atoms with Crippen molar-refractivity contribution in [2.24, 2.45) is 4.36 Å². The van der Waals surface area contributed by atoms with Crippen molar-refractivity contribution in [3.05, 3.63) is 27.5 Å². The van der Waals surface area contributed by atoms with E-state index in [4.69, 9.17) is 16.9 Å². The summed E-state index contributed by atoms with van der Waals surface area (Å²) in [5.74, 6) is 0. The van der Waals surface area contributed by atoms with E-state index in [1.54, 1.807) is 19.2 Å². The first-order valence-corrected chi connectivity index (χ1v) is 7.44. The van der Waals surface area contributed by atoms with E-state index in [2.05, 4.69) is 25.3 Å². The summed E-state index contributed by atoms with van der Waals surface area (Å²) < 4.78 is 16.1. The minimum atomic E-state index is -2.58. The lowest BCUT2D eigenvalue weighted by Crippen LogP contribution is -2.08. The zero-order valence-corrected chi connectivity index (χ0v) is 11.8. The maximum atomic E-state index is 12.0. The number of pyridine rings is 1. The highest BCUT2D eigenvalue weighted by Crippen LogP contribution is 2.27. The lowest BCUT2D eigenvalue weighted by atomic mass is 10.2. The smallest absolute Gasteiger partial charge is 0.214 e. The summed E-state index contributed by atoms with van der Waals surface area (Å²) in [6.07, 6.45) is 4.56. The molecule has 1 heterocycles. The fourth-order valence-corrected chi connectivity index (χ4v) is 2.50. The molecule has 86 valence electrons.